The van der Waals surface area contributed by atoms with E-state index < -0.39 is 0 Å². The molecule has 1 amide bonds. The van der Waals surface area contributed by atoms with Gasteiger partial charge >= 0.3 is 0 Å². The van der Waals surface area contributed by atoms with Crippen molar-refractivity contribution in [3.8, 4) is 0 Å². The Morgan fingerprint density at radius 3 is 2.88 bits per heavy atom. The monoisotopic (exact) mass is 320 g/mol. The van der Waals surface area contributed by atoms with E-state index in [-0.39, 0.29) is 5.91 Å². The number of nitrogens with zero attached hydrogens (tertiary/aromatic N) is 1. The lowest BCUT2D eigenvalue weighted by Gasteiger charge is -2.11. The summed E-state index contributed by atoms with van der Waals surface area (Å²) in [7, 11) is 0. The highest BCUT2D eigenvalue weighted by molar-refractivity contribution is 6.04. The fourth-order valence-corrected chi connectivity index (χ4v) is 2.85. The molecular weight excluding hydrogens is 300 g/mol. The highest BCUT2D eigenvalue weighted by Gasteiger charge is 2.21. The van der Waals surface area contributed by atoms with E-state index in [0.29, 0.717) is 18.3 Å². The van der Waals surface area contributed by atoms with E-state index >= 15 is 0 Å². The Kier molecular flexibility index (Phi) is 3.69. The minimum Gasteiger partial charge on any atom is -0.382 e. The zero-order chi connectivity index (χ0) is 16.5. The standard InChI is InChI=1S/C19H20N4O/c1-12-10-13(6-9-16(12)21-14-7-8-14)11-20-19(24)18-15-4-2-3-5-17(15)22-23-18/h2-6,9-10,14,21H,7-8,11H2,1H3,(H,20,24)(H,22,23). The molecule has 0 radical (unpaired) electrons. The lowest BCUT2D eigenvalue weighted by Crippen LogP contribution is -2.23. The number of rotatable bonds is 5. The van der Waals surface area contributed by atoms with Gasteiger partial charge in [-0.3, -0.25) is 9.89 Å². The Labute approximate surface area is 140 Å². The SMILES string of the molecule is Cc1cc(CNC(=O)c2n[nH]c3ccccc23)ccc1NC1CC1. The molecule has 0 unspecified atom stereocenters. The topological polar surface area (TPSA) is 69.8 Å². The van der Waals surface area contributed by atoms with Crippen molar-refractivity contribution in [2.45, 2.75) is 32.4 Å². The van der Waals surface area contributed by atoms with E-state index in [0.717, 1.165) is 16.5 Å². The molecule has 4 rings (SSSR count). The third kappa shape index (κ3) is 2.97. The summed E-state index contributed by atoms with van der Waals surface area (Å²) >= 11 is 0. The summed E-state index contributed by atoms with van der Waals surface area (Å²) < 4.78 is 0. The van der Waals surface area contributed by atoms with Crippen LogP contribution in [-0.4, -0.2) is 22.1 Å². The van der Waals surface area contributed by atoms with Crippen LogP contribution in [0.5, 0.6) is 0 Å². The lowest BCUT2D eigenvalue weighted by atomic mass is 10.1. The summed E-state index contributed by atoms with van der Waals surface area (Å²) in [5.74, 6) is -0.162. The Morgan fingerprint density at radius 2 is 2.08 bits per heavy atom. The molecule has 1 aliphatic rings. The molecule has 1 aliphatic carbocycles. The van der Waals surface area contributed by atoms with E-state index in [9.17, 15) is 4.79 Å². The molecule has 0 aliphatic heterocycles. The number of nitrogens with one attached hydrogen (secondary N) is 3. The second kappa shape index (κ2) is 6.00. The average molecular weight is 320 g/mol. The second-order valence-corrected chi connectivity index (χ2v) is 6.37. The lowest BCUT2D eigenvalue weighted by molar-refractivity contribution is 0.0947. The van der Waals surface area contributed by atoms with Crippen molar-refractivity contribution in [2.75, 3.05) is 5.32 Å². The van der Waals surface area contributed by atoms with Crippen molar-refractivity contribution >= 4 is 22.5 Å². The van der Waals surface area contributed by atoms with Gasteiger partial charge in [0.15, 0.2) is 5.69 Å². The van der Waals surface area contributed by atoms with Crippen molar-refractivity contribution in [1.82, 2.24) is 15.5 Å². The van der Waals surface area contributed by atoms with Crippen LogP contribution in [0.15, 0.2) is 42.5 Å². The maximum Gasteiger partial charge on any atom is 0.272 e. The van der Waals surface area contributed by atoms with Crippen LogP contribution in [0.4, 0.5) is 5.69 Å². The Morgan fingerprint density at radius 1 is 1.25 bits per heavy atom. The number of H-pyrrole nitrogens is 1. The number of benzene rings is 2. The van der Waals surface area contributed by atoms with Gasteiger partial charge in [0.25, 0.3) is 5.91 Å². The van der Waals surface area contributed by atoms with Gasteiger partial charge in [0.05, 0.1) is 5.52 Å². The second-order valence-electron chi connectivity index (χ2n) is 6.37. The molecule has 3 aromatic rings. The molecule has 3 N–H and O–H groups in total. The van der Waals surface area contributed by atoms with Crippen molar-refractivity contribution in [1.29, 1.82) is 0 Å². The van der Waals surface area contributed by atoms with Crippen LogP contribution < -0.4 is 10.6 Å². The van der Waals surface area contributed by atoms with E-state index in [1.807, 2.05) is 24.3 Å². The average Bonchev–Trinajstić information content (AvgIpc) is 3.30. The summed E-state index contributed by atoms with van der Waals surface area (Å²) in [6, 6.07) is 14.5. The van der Waals surface area contributed by atoms with Crippen molar-refractivity contribution in [3.05, 3.63) is 59.3 Å². The number of amides is 1. The zero-order valence-corrected chi connectivity index (χ0v) is 13.6. The first-order valence-electron chi connectivity index (χ1n) is 8.28. The number of hydrogen-bond donors (Lipinski definition) is 3. The molecule has 0 spiro atoms. The fourth-order valence-electron chi connectivity index (χ4n) is 2.85. The summed E-state index contributed by atoms with van der Waals surface area (Å²) in [5.41, 5.74) is 4.79. The molecule has 24 heavy (non-hydrogen) atoms. The highest BCUT2D eigenvalue weighted by atomic mass is 16.1. The fraction of sp³-hybridized carbons (Fsp3) is 0.263. The number of carbonyl (C=O) groups excluding carboxylic acids is 1. The summed E-state index contributed by atoms with van der Waals surface area (Å²) in [4.78, 5) is 12.4. The predicted molar refractivity (Wildman–Crippen MR) is 95.1 cm³/mol. The van der Waals surface area contributed by atoms with Gasteiger partial charge in [0.1, 0.15) is 0 Å². The van der Waals surface area contributed by atoms with Crippen LogP contribution in [0.3, 0.4) is 0 Å². The van der Waals surface area contributed by atoms with E-state index in [1.54, 1.807) is 0 Å². The van der Waals surface area contributed by atoms with Gasteiger partial charge in [0, 0.05) is 23.7 Å². The Bertz CT molecular complexity index is 895. The molecule has 5 nitrogen and oxygen atoms in total. The first-order chi connectivity index (χ1) is 11.7. The maximum absolute atomic E-state index is 12.4. The quantitative estimate of drug-likeness (QED) is 0.675. The number of para-hydroxylation sites is 1. The molecule has 1 fully saturated rings. The van der Waals surface area contributed by atoms with E-state index in [1.165, 1.54) is 24.1 Å². The van der Waals surface area contributed by atoms with Gasteiger partial charge in [-0.05, 0) is 43.0 Å². The number of aromatic nitrogens is 2. The Hall–Kier alpha value is -2.82. The molecule has 5 heteroatoms. The van der Waals surface area contributed by atoms with Gasteiger partial charge in [-0.1, -0.05) is 30.3 Å². The predicted octanol–water partition coefficient (Wildman–Crippen LogP) is 3.38. The number of fused-ring (bicyclic) bond motifs is 1. The molecular formula is C19H20N4O. The first kappa shape index (κ1) is 14.8. The third-order valence-corrected chi connectivity index (χ3v) is 4.37. The Balaban J connectivity index is 1.44. The molecule has 2 aromatic carbocycles. The van der Waals surface area contributed by atoms with Crippen LogP contribution in [0.1, 0.15) is 34.5 Å². The molecule has 1 heterocycles. The number of hydrogen-bond acceptors (Lipinski definition) is 3. The van der Waals surface area contributed by atoms with E-state index in [2.05, 4.69) is 46.0 Å². The van der Waals surface area contributed by atoms with Crippen LogP contribution in [-0.2, 0) is 6.54 Å². The molecule has 0 atom stereocenters. The molecule has 0 saturated heterocycles. The highest BCUT2D eigenvalue weighted by Crippen LogP contribution is 2.27. The smallest absolute Gasteiger partial charge is 0.272 e. The minimum absolute atomic E-state index is 0.162. The number of carbonyl (C=O) groups is 1. The molecule has 1 aromatic heterocycles. The number of anilines is 1. The number of aryl methyl sites for hydroxylation is 1. The van der Waals surface area contributed by atoms with Gasteiger partial charge in [-0.15, -0.1) is 0 Å². The number of aromatic amines is 1. The first-order valence-corrected chi connectivity index (χ1v) is 8.28. The summed E-state index contributed by atoms with van der Waals surface area (Å²) in [5, 5.41) is 14.3. The summed E-state index contributed by atoms with van der Waals surface area (Å²) in [6.07, 6.45) is 2.52. The van der Waals surface area contributed by atoms with Crippen molar-refractivity contribution in [3.63, 3.8) is 0 Å². The zero-order valence-electron chi connectivity index (χ0n) is 13.6. The van der Waals surface area contributed by atoms with Gasteiger partial charge in [-0.2, -0.15) is 5.10 Å². The summed E-state index contributed by atoms with van der Waals surface area (Å²) in [6.45, 7) is 2.59. The van der Waals surface area contributed by atoms with Gasteiger partial charge in [0.2, 0.25) is 0 Å². The van der Waals surface area contributed by atoms with Gasteiger partial charge in [-0.25, -0.2) is 0 Å². The van der Waals surface area contributed by atoms with Crippen LogP contribution in [0.25, 0.3) is 10.9 Å². The largest absolute Gasteiger partial charge is 0.382 e. The maximum atomic E-state index is 12.4. The third-order valence-electron chi connectivity index (χ3n) is 4.37. The van der Waals surface area contributed by atoms with Gasteiger partial charge < -0.3 is 10.6 Å². The minimum atomic E-state index is -0.162. The normalized spacial score (nSPS) is 13.9. The van der Waals surface area contributed by atoms with Crippen LogP contribution in [0.2, 0.25) is 0 Å². The van der Waals surface area contributed by atoms with Crippen molar-refractivity contribution < 1.29 is 4.79 Å². The molecule has 122 valence electrons. The van der Waals surface area contributed by atoms with E-state index in [4.69, 9.17) is 0 Å². The van der Waals surface area contributed by atoms with Crippen LogP contribution >= 0.6 is 0 Å². The van der Waals surface area contributed by atoms with Crippen LogP contribution in [0, 0.1) is 6.92 Å². The molecule has 1 saturated carbocycles. The molecule has 0 bridgehead atoms. The van der Waals surface area contributed by atoms with Crippen molar-refractivity contribution in [2.24, 2.45) is 0 Å².